The number of oxime groups is 1. The Morgan fingerprint density at radius 1 is 1.33 bits per heavy atom. The highest BCUT2D eigenvalue weighted by Gasteiger charge is 2.11. The Morgan fingerprint density at radius 3 is 2.50 bits per heavy atom. The fraction of sp³-hybridized carbons (Fsp3) is 0.364. The van der Waals surface area contributed by atoms with Gasteiger partial charge in [0.15, 0.2) is 5.17 Å². The van der Waals surface area contributed by atoms with Crippen LogP contribution in [0.2, 0.25) is 0 Å². The molecule has 0 N–H and O–H groups in total. The fourth-order valence-electron chi connectivity index (χ4n) is 1.10. The zero-order valence-electron chi connectivity index (χ0n) is 9.77. The molecule has 0 bridgehead atoms. The molecule has 1 aromatic rings. The van der Waals surface area contributed by atoms with Gasteiger partial charge in [-0.15, -0.1) is 11.6 Å². The summed E-state index contributed by atoms with van der Waals surface area (Å²) < 4.78 is 27.1. The first kappa shape index (κ1) is 15.3. The largest absolute Gasteiger partial charge is 0.328 e. The summed E-state index contributed by atoms with van der Waals surface area (Å²) in [7, 11) is -3.71. The van der Waals surface area contributed by atoms with Crippen molar-refractivity contribution in [1.82, 2.24) is 0 Å². The molecule has 0 radical (unpaired) electrons. The molecule has 0 saturated carbocycles. The zero-order valence-corrected chi connectivity index (χ0v) is 12.1. The number of hydrogen-bond acceptors (Lipinski definition) is 4. The molecule has 18 heavy (non-hydrogen) atoms. The van der Waals surface area contributed by atoms with Crippen LogP contribution in [0.1, 0.15) is 17.5 Å². The summed E-state index contributed by atoms with van der Waals surface area (Å²) in [5, 5.41) is 3.39. The summed E-state index contributed by atoms with van der Waals surface area (Å²) in [5.41, 5.74) is 1.66. The molecule has 0 fully saturated rings. The Morgan fingerprint density at radius 2 is 1.94 bits per heavy atom. The van der Waals surface area contributed by atoms with Crippen molar-refractivity contribution < 1.29 is 12.7 Å². The molecule has 0 aromatic heterocycles. The predicted octanol–water partition coefficient (Wildman–Crippen LogP) is 2.87. The molecule has 0 aliphatic carbocycles. The SMILES string of the molecule is Cc1ccc(C(Cl)=NOS(=O)(=O)CCCCl)cc1. The van der Waals surface area contributed by atoms with E-state index < -0.39 is 10.1 Å². The van der Waals surface area contributed by atoms with Gasteiger partial charge >= 0.3 is 10.1 Å². The molecule has 1 rings (SSSR count). The molecule has 0 spiro atoms. The predicted molar refractivity (Wildman–Crippen MR) is 73.8 cm³/mol. The van der Waals surface area contributed by atoms with E-state index in [-0.39, 0.29) is 16.8 Å². The molecule has 0 heterocycles. The molecule has 0 unspecified atom stereocenters. The van der Waals surface area contributed by atoms with Gasteiger partial charge in [-0.05, 0) is 13.3 Å². The second-order valence-corrected chi connectivity index (χ2v) is 6.04. The second kappa shape index (κ2) is 6.97. The smallest absolute Gasteiger partial charge is 0.267 e. The van der Waals surface area contributed by atoms with Gasteiger partial charge in [0.25, 0.3) is 0 Å². The first-order valence-electron chi connectivity index (χ1n) is 5.22. The van der Waals surface area contributed by atoms with Crippen LogP contribution in [0.15, 0.2) is 29.4 Å². The van der Waals surface area contributed by atoms with Crippen LogP contribution in [0.4, 0.5) is 0 Å². The monoisotopic (exact) mass is 309 g/mol. The van der Waals surface area contributed by atoms with E-state index in [1.165, 1.54) is 0 Å². The first-order chi connectivity index (χ1) is 8.44. The summed E-state index contributed by atoms with van der Waals surface area (Å²) in [6.45, 7) is 1.93. The third-order valence-corrected chi connectivity index (χ3v) is 3.69. The van der Waals surface area contributed by atoms with E-state index in [1.54, 1.807) is 12.1 Å². The number of halogens is 2. The van der Waals surface area contributed by atoms with Gasteiger partial charge in [-0.2, -0.15) is 8.42 Å². The zero-order chi connectivity index (χ0) is 13.6. The average molecular weight is 310 g/mol. The lowest BCUT2D eigenvalue weighted by Crippen LogP contribution is -2.09. The highest BCUT2D eigenvalue weighted by molar-refractivity contribution is 7.86. The minimum atomic E-state index is -3.71. The maximum Gasteiger partial charge on any atom is 0.328 e. The van der Waals surface area contributed by atoms with Crippen molar-refractivity contribution >= 4 is 38.5 Å². The standard InChI is InChI=1S/C11H13Cl2NO3S/c1-9-3-5-10(6-4-9)11(13)14-17-18(15,16)8-2-7-12/h3-6H,2,7-8H2,1H3. The molecule has 0 atom stereocenters. The van der Waals surface area contributed by atoms with Crippen molar-refractivity contribution in [1.29, 1.82) is 0 Å². The maximum absolute atomic E-state index is 11.3. The Kier molecular flexibility index (Phi) is 5.91. The quantitative estimate of drug-likeness (QED) is 0.461. The molecule has 1 aromatic carbocycles. The van der Waals surface area contributed by atoms with E-state index in [9.17, 15) is 8.42 Å². The van der Waals surface area contributed by atoms with Gasteiger partial charge in [0.2, 0.25) is 0 Å². The molecule has 0 aliphatic rings. The minimum absolute atomic E-state index is 0.00977. The van der Waals surface area contributed by atoms with Crippen LogP contribution in [0, 0.1) is 6.92 Å². The van der Waals surface area contributed by atoms with Crippen LogP contribution in [0.5, 0.6) is 0 Å². The second-order valence-electron chi connectivity index (χ2n) is 3.63. The van der Waals surface area contributed by atoms with Gasteiger partial charge in [-0.1, -0.05) is 46.6 Å². The van der Waals surface area contributed by atoms with Crippen LogP contribution in [-0.4, -0.2) is 25.2 Å². The molecular formula is C11H13Cl2NO3S. The minimum Gasteiger partial charge on any atom is -0.267 e. The van der Waals surface area contributed by atoms with E-state index in [0.29, 0.717) is 12.0 Å². The summed E-state index contributed by atoms with van der Waals surface area (Å²) in [6.07, 6.45) is 0.307. The van der Waals surface area contributed by atoms with Gasteiger partial charge in [-0.25, -0.2) is 0 Å². The summed E-state index contributed by atoms with van der Waals surface area (Å²) in [4.78, 5) is 0. The Balaban J connectivity index is 2.70. The van der Waals surface area contributed by atoms with E-state index in [1.807, 2.05) is 19.1 Å². The van der Waals surface area contributed by atoms with Crippen LogP contribution < -0.4 is 0 Å². The third-order valence-electron chi connectivity index (χ3n) is 2.05. The van der Waals surface area contributed by atoms with Crippen molar-refractivity contribution in [2.24, 2.45) is 5.16 Å². The van der Waals surface area contributed by atoms with Gasteiger partial charge < -0.3 is 0 Å². The summed E-state index contributed by atoms with van der Waals surface area (Å²) >= 11 is 11.2. The van der Waals surface area contributed by atoms with Crippen LogP contribution in [0.3, 0.4) is 0 Å². The molecular weight excluding hydrogens is 297 g/mol. The normalized spacial score (nSPS) is 12.5. The van der Waals surface area contributed by atoms with Gasteiger partial charge in [0, 0.05) is 11.4 Å². The maximum atomic E-state index is 11.3. The van der Waals surface area contributed by atoms with Crippen molar-refractivity contribution in [2.75, 3.05) is 11.6 Å². The lowest BCUT2D eigenvalue weighted by molar-refractivity contribution is 0.340. The van der Waals surface area contributed by atoms with Gasteiger partial charge in [0.05, 0.1) is 5.75 Å². The molecule has 0 saturated heterocycles. The third kappa shape index (κ3) is 5.25. The lowest BCUT2D eigenvalue weighted by atomic mass is 10.2. The Hall–Kier alpha value is -0.780. The fourth-order valence-corrected chi connectivity index (χ4v) is 2.36. The lowest BCUT2D eigenvalue weighted by Gasteiger charge is -2.01. The number of alkyl halides is 1. The summed E-state index contributed by atoms with van der Waals surface area (Å²) in [5.74, 6) is 0.0655. The topological polar surface area (TPSA) is 55.7 Å². The van der Waals surface area contributed by atoms with E-state index in [4.69, 9.17) is 23.2 Å². The van der Waals surface area contributed by atoms with Crippen molar-refractivity contribution in [3.63, 3.8) is 0 Å². The van der Waals surface area contributed by atoms with Crippen molar-refractivity contribution in [3.05, 3.63) is 35.4 Å². The van der Waals surface area contributed by atoms with Crippen LogP contribution in [-0.2, 0) is 14.4 Å². The Labute approximate surface area is 117 Å². The Bertz CT molecular complexity index is 512. The van der Waals surface area contributed by atoms with Crippen molar-refractivity contribution in [2.45, 2.75) is 13.3 Å². The van der Waals surface area contributed by atoms with E-state index in [2.05, 4.69) is 9.44 Å². The van der Waals surface area contributed by atoms with Gasteiger partial charge in [-0.3, -0.25) is 4.28 Å². The van der Waals surface area contributed by atoms with E-state index >= 15 is 0 Å². The highest BCUT2D eigenvalue weighted by Crippen LogP contribution is 2.09. The molecule has 7 heteroatoms. The van der Waals surface area contributed by atoms with Crippen molar-refractivity contribution in [3.8, 4) is 0 Å². The number of hydrogen-bond donors (Lipinski definition) is 0. The molecule has 0 aliphatic heterocycles. The molecule has 4 nitrogen and oxygen atoms in total. The highest BCUT2D eigenvalue weighted by atomic mass is 35.5. The van der Waals surface area contributed by atoms with Gasteiger partial charge in [0.1, 0.15) is 0 Å². The number of nitrogens with zero attached hydrogens (tertiary/aromatic N) is 1. The number of benzene rings is 1. The molecule has 0 amide bonds. The number of rotatable bonds is 6. The average Bonchev–Trinajstić information content (AvgIpc) is 2.35. The molecule has 100 valence electrons. The first-order valence-corrected chi connectivity index (χ1v) is 7.71. The number of aryl methyl sites for hydroxylation is 1. The van der Waals surface area contributed by atoms with Crippen LogP contribution in [0.25, 0.3) is 0 Å². The van der Waals surface area contributed by atoms with Crippen LogP contribution >= 0.6 is 23.2 Å². The summed E-state index contributed by atoms with van der Waals surface area (Å²) in [6, 6.07) is 7.15. The van der Waals surface area contributed by atoms with E-state index in [0.717, 1.165) is 5.56 Å².